The average Bonchev–Trinajstić information content (AvgIpc) is 2.72. The SMILES string of the molecule is CCc1nc2ccccc2c(C(=O)OCC(=O)N(c2ccccc2)C(C)C)c1C. The second-order valence-electron chi connectivity index (χ2n) is 7.20. The molecule has 0 spiro atoms. The van der Waals surface area contributed by atoms with Crippen LogP contribution in [0.5, 0.6) is 0 Å². The van der Waals surface area contributed by atoms with E-state index < -0.39 is 5.97 Å². The van der Waals surface area contributed by atoms with Crippen LogP contribution in [-0.2, 0) is 16.0 Å². The Hall–Kier alpha value is -3.21. The van der Waals surface area contributed by atoms with Gasteiger partial charge in [-0.1, -0.05) is 43.3 Å². The van der Waals surface area contributed by atoms with Gasteiger partial charge in [-0.05, 0) is 51.0 Å². The molecular formula is C24H26N2O3. The summed E-state index contributed by atoms with van der Waals surface area (Å²) in [5.74, 6) is -0.757. The van der Waals surface area contributed by atoms with Crippen LogP contribution in [0.3, 0.4) is 0 Å². The Kier molecular flexibility index (Phi) is 6.27. The minimum Gasteiger partial charge on any atom is -0.452 e. The third-order valence-corrected chi connectivity index (χ3v) is 4.92. The lowest BCUT2D eigenvalue weighted by Gasteiger charge is -2.26. The number of anilines is 1. The summed E-state index contributed by atoms with van der Waals surface area (Å²) in [6.07, 6.45) is 0.713. The van der Waals surface area contributed by atoms with Crippen molar-refractivity contribution in [3.8, 4) is 0 Å². The Morgan fingerprint density at radius 2 is 1.69 bits per heavy atom. The van der Waals surface area contributed by atoms with Crippen LogP contribution in [0.25, 0.3) is 10.9 Å². The molecule has 1 heterocycles. The van der Waals surface area contributed by atoms with Crippen molar-refractivity contribution in [2.24, 2.45) is 0 Å². The van der Waals surface area contributed by atoms with Gasteiger partial charge in [0, 0.05) is 22.8 Å². The van der Waals surface area contributed by atoms with Gasteiger partial charge in [0.1, 0.15) is 0 Å². The Labute approximate surface area is 171 Å². The van der Waals surface area contributed by atoms with Gasteiger partial charge in [0.15, 0.2) is 6.61 Å². The number of hydrogen-bond donors (Lipinski definition) is 0. The fourth-order valence-corrected chi connectivity index (χ4v) is 3.55. The lowest BCUT2D eigenvalue weighted by molar-refractivity contribution is -0.122. The number of rotatable bonds is 6. The van der Waals surface area contributed by atoms with Gasteiger partial charge in [-0.25, -0.2) is 4.79 Å². The molecule has 0 bridgehead atoms. The molecule has 0 aliphatic heterocycles. The molecular weight excluding hydrogens is 364 g/mol. The Balaban J connectivity index is 1.85. The fourth-order valence-electron chi connectivity index (χ4n) is 3.55. The molecule has 0 fully saturated rings. The first kappa shape index (κ1) is 20.5. The topological polar surface area (TPSA) is 59.5 Å². The van der Waals surface area contributed by atoms with E-state index in [0.29, 0.717) is 12.0 Å². The zero-order valence-electron chi connectivity index (χ0n) is 17.3. The van der Waals surface area contributed by atoms with E-state index in [2.05, 4.69) is 4.98 Å². The molecule has 0 radical (unpaired) electrons. The molecule has 1 aromatic heterocycles. The first-order valence-electron chi connectivity index (χ1n) is 9.86. The van der Waals surface area contributed by atoms with Crippen LogP contribution in [0.15, 0.2) is 54.6 Å². The molecule has 0 saturated carbocycles. The van der Waals surface area contributed by atoms with Gasteiger partial charge in [0.25, 0.3) is 5.91 Å². The van der Waals surface area contributed by atoms with Crippen molar-refractivity contribution in [1.82, 2.24) is 4.98 Å². The number of pyridine rings is 1. The molecule has 0 atom stereocenters. The number of nitrogens with zero attached hydrogens (tertiary/aromatic N) is 2. The summed E-state index contributed by atoms with van der Waals surface area (Å²) in [6.45, 7) is 7.43. The molecule has 0 aliphatic rings. The maximum absolute atomic E-state index is 13.0. The molecule has 0 N–H and O–H groups in total. The number of ether oxygens (including phenoxy) is 1. The highest BCUT2D eigenvalue weighted by Gasteiger charge is 2.23. The van der Waals surface area contributed by atoms with Crippen LogP contribution < -0.4 is 4.90 Å². The van der Waals surface area contributed by atoms with Gasteiger partial charge in [-0.2, -0.15) is 0 Å². The average molecular weight is 390 g/mol. The number of hydrogen-bond acceptors (Lipinski definition) is 4. The van der Waals surface area contributed by atoms with E-state index in [1.807, 2.05) is 82.3 Å². The van der Waals surface area contributed by atoms with Gasteiger partial charge in [-0.3, -0.25) is 9.78 Å². The summed E-state index contributed by atoms with van der Waals surface area (Å²) in [7, 11) is 0. The van der Waals surface area contributed by atoms with Crippen molar-refractivity contribution in [1.29, 1.82) is 0 Å². The quantitative estimate of drug-likeness (QED) is 0.572. The second-order valence-corrected chi connectivity index (χ2v) is 7.20. The van der Waals surface area contributed by atoms with E-state index in [-0.39, 0.29) is 18.6 Å². The van der Waals surface area contributed by atoms with E-state index >= 15 is 0 Å². The standard InChI is InChI=1S/C24H26N2O3/c1-5-20-17(4)23(19-13-9-10-14-21(19)25-20)24(28)29-15-22(27)26(16(2)3)18-11-7-6-8-12-18/h6-14,16H,5,15H2,1-4H3. The van der Waals surface area contributed by atoms with E-state index in [1.54, 1.807) is 4.90 Å². The number of amides is 1. The molecule has 0 saturated heterocycles. The van der Waals surface area contributed by atoms with Crippen molar-refractivity contribution >= 4 is 28.5 Å². The molecule has 1 amide bonds. The first-order chi connectivity index (χ1) is 13.9. The van der Waals surface area contributed by atoms with E-state index in [4.69, 9.17) is 4.74 Å². The minimum atomic E-state index is -0.499. The highest BCUT2D eigenvalue weighted by molar-refractivity contribution is 6.06. The third-order valence-electron chi connectivity index (χ3n) is 4.92. The van der Waals surface area contributed by atoms with Crippen LogP contribution in [-0.4, -0.2) is 29.5 Å². The fraction of sp³-hybridized carbons (Fsp3) is 0.292. The molecule has 5 nitrogen and oxygen atoms in total. The lowest BCUT2D eigenvalue weighted by atomic mass is 10.0. The molecule has 0 aliphatic carbocycles. The smallest absolute Gasteiger partial charge is 0.339 e. The number of carbonyl (C=O) groups is 2. The maximum atomic E-state index is 13.0. The number of esters is 1. The van der Waals surface area contributed by atoms with Crippen LogP contribution >= 0.6 is 0 Å². The molecule has 3 rings (SSSR count). The van der Waals surface area contributed by atoms with Crippen LogP contribution in [0.2, 0.25) is 0 Å². The monoisotopic (exact) mass is 390 g/mol. The highest BCUT2D eigenvalue weighted by Crippen LogP contribution is 2.24. The molecule has 3 aromatic rings. The number of aryl methyl sites for hydroxylation is 1. The summed E-state index contributed by atoms with van der Waals surface area (Å²) in [5, 5.41) is 0.739. The van der Waals surface area contributed by atoms with E-state index in [1.165, 1.54) is 0 Å². The summed E-state index contributed by atoms with van der Waals surface area (Å²) < 4.78 is 5.47. The number of fused-ring (bicyclic) bond motifs is 1. The third kappa shape index (κ3) is 4.29. The van der Waals surface area contributed by atoms with E-state index in [0.717, 1.165) is 27.8 Å². The molecule has 2 aromatic carbocycles. The van der Waals surface area contributed by atoms with Crippen molar-refractivity contribution in [3.05, 3.63) is 71.4 Å². The predicted molar refractivity (Wildman–Crippen MR) is 115 cm³/mol. The number of aromatic nitrogens is 1. The molecule has 5 heteroatoms. The van der Waals surface area contributed by atoms with Gasteiger partial charge in [0.2, 0.25) is 0 Å². The van der Waals surface area contributed by atoms with Gasteiger partial charge in [-0.15, -0.1) is 0 Å². The largest absolute Gasteiger partial charge is 0.452 e. The number of para-hydroxylation sites is 2. The summed E-state index contributed by atoms with van der Waals surface area (Å²) in [5.41, 5.74) is 3.67. The first-order valence-corrected chi connectivity index (χ1v) is 9.86. The zero-order valence-corrected chi connectivity index (χ0v) is 17.3. The lowest BCUT2D eigenvalue weighted by Crippen LogP contribution is -2.40. The normalized spacial score (nSPS) is 10.9. The van der Waals surface area contributed by atoms with Crippen LogP contribution in [0, 0.1) is 6.92 Å². The van der Waals surface area contributed by atoms with Gasteiger partial charge in [0.05, 0.1) is 11.1 Å². The van der Waals surface area contributed by atoms with Crippen molar-refractivity contribution < 1.29 is 14.3 Å². The molecule has 0 unspecified atom stereocenters. The molecule has 150 valence electrons. The maximum Gasteiger partial charge on any atom is 0.339 e. The predicted octanol–water partition coefficient (Wildman–Crippen LogP) is 4.70. The number of carbonyl (C=O) groups excluding carboxylic acids is 2. The summed E-state index contributed by atoms with van der Waals surface area (Å²) >= 11 is 0. The van der Waals surface area contributed by atoms with Crippen molar-refractivity contribution in [2.75, 3.05) is 11.5 Å². The zero-order chi connectivity index (χ0) is 21.0. The highest BCUT2D eigenvalue weighted by atomic mass is 16.5. The van der Waals surface area contributed by atoms with Gasteiger partial charge >= 0.3 is 5.97 Å². The second kappa shape index (κ2) is 8.86. The van der Waals surface area contributed by atoms with Crippen LogP contribution in [0.4, 0.5) is 5.69 Å². The van der Waals surface area contributed by atoms with Crippen molar-refractivity contribution in [3.63, 3.8) is 0 Å². The van der Waals surface area contributed by atoms with E-state index in [9.17, 15) is 9.59 Å². The Bertz CT molecular complexity index is 1030. The number of benzene rings is 2. The minimum absolute atomic E-state index is 0.0567. The molecule has 29 heavy (non-hydrogen) atoms. The Morgan fingerprint density at radius 3 is 2.34 bits per heavy atom. The van der Waals surface area contributed by atoms with Crippen molar-refractivity contribution in [2.45, 2.75) is 40.2 Å². The summed E-state index contributed by atoms with van der Waals surface area (Å²) in [6, 6.07) is 16.8. The van der Waals surface area contributed by atoms with Crippen LogP contribution in [0.1, 0.15) is 42.4 Å². The Morgan fingerprint density at radius 1 is 1.03 bits per heavy atom. The summed E-state index contributed by atoms with van der Waals surface area (Å²) in [4.78, 5) is 32.1. The van der Waals surface area contributed by atoms with Gasteiger partial charge < -0.3 is 9.64 Å².